The summed E-state index contributed by atoms with van der Waals surface area (Å²) >= 11 is 0. The van der Waals surface area contributed by atoms with E-state index in [1.807, 2.05) is 55.9 Å². The number of carbonyl (C=O) groups excluding carboxylic acids is 2. The van der Waals surface area contributed by atoms with E-state index in [9.17, 15) is 18.0 Å². The van der Waals surface area contributed by atoms with Crippen LogP contribution in [0, 0.1) is 5.92 Å². The van der Waals surface area contributed by atoms with Crippen molar-refractivity contribution < 1.29 is 27.3 Å². The minimum atomic E-state index is -3.67. The summed E-state index contributed by atoms with van der Waals surface area (Å²) in [6, 6.07) is 6.57. The van der Waals surface area contributed by atoms with Crippen molar-refractivity contribution >= 4 is 32.9 Å². The number of aromatic nitrogens is 1. The molecule has 2 atom stereocenters. The molecular formula is C21H33N3O6S. The number of fused-ring (bicyclic) bond motifs is 1. The molecule has 0 unspecified atom stereocenters. The SMILES string of the molecule is CCOC(=O)[C@@H](Cc1cn(C)c2ccccc12)NC(=O)[C@@H](N)CC(C)C.CS(=O)(=O)O. The molecule has 1 aromatic heterocycles. The average molecular weight is 456 g/mol. The molecule has 1 amide bonds. The van der Waals surface area contributed by atoms with Gasteiger partial charge in [-0.15, -0.1) is 0 Å². The van der Waals surface area contributed by atoms with Crippen LogP contribution in [0.15, 0.2) is 30.5 Å². The van der Waals surface area contributed by atoms with E-state index in [1.165, 1.54) is 0 Å². The molecule has 10 heteroatoms. The summed E-state index contributed by atoms with van der Waals surface area (Å²) in [5.41, 5.74) is 8.02. The van der Waals surface area contributed by atoms with Gasteiger partial charge in [0.15, 0.2) is 0 Å². The highest BCUT2D eigenvalue weighted by molar-refractivity contribution is 7.85. The van der Waals surface area contributed by atoms with Crippen LogP contribution in [-0.4, -0.2) is 54.4 Å². The minimum Gasteiger partial charge on any atom is -0.464 e. The fraction of sp³-hybridized carbons (Fsp3) is 0.524. The molecule has 31 heavy (non-hydrogen) atoms. The fourth-order valence-corrected chi connectivity index (χ4v) is 3.14. The van der Waals surface area contributed by atoms with Crippen molar-refractivity contribution in [3.05, 3.63) is 36.0 Å². The molecule has 0 saturated carbocycles. The number of esters is 1. The molecule has 0 radical (unpaired) electrons. The van der Waals surface area contributed by atoms with Crippen molar-refractivity contribution in [2.24, 2.45) is 18.7 Å². The van der Waals surface area contributed by atoms with Gasteiger partial charge in [0.1, 0.15) is 6.04 Å². The van der Waals surface area contributed by atoms with Gasteiger partial charge in [0, 0.05) is 30.6 Å². The van der Waals surface area contributed by atoms with E-state index >= 15 is 0 Å². The molecule has 0 aliphatic carbocycles. The number of rotatable bonds is 8. The Morgan fingerprint density at radius 2 is 1.84 bits per heavy atom. The lowest BCUT2D eigenvalue weighted by Crippen LogP contribution is -2.50. The number of nitrogens with one attached hydrogen (secondary N) is 1. The number of amides is 1. The first kappa shape index (κ1) is 26.6. The second-order valence-electron chi connectivity index (χ2n) is 7.77. The van der Waals surface area contributed by atoms with Crippen LogP contribution in [0.5, 0.6) is 0 Å². The Balaban J connectivity index is 0.000000861. The Kier molecular flexibility index (Phi) is 10.1. The van der Waals surface area contributed by atoms with Crippen molar-refractivity contribution in [1.29, 1.82) is 0 Å². The first-order valence-electron chi connectivity index (χ1n) is 10.0. The lowest BCUT2D eigenvalue weighted by Gasteiger charge is -2.20. The van der Waals surface area contributed by atoms with Gasteiger partial charge < -0.3 is 20.4 Å². The third-order valence-corrected chi connectivity index (χ3v) is 4.35. The smallest absolute Gasteiger partial charge is 0.328 e. The molecule has 1 heterocycles. The van der Waals surface area contributed by atoms with Gasteiger partial charge >= 0.3 is 5.97 Å². The highest BCUT2D eigenvalue weighted by Gasteiger charge is 2.26. The molecule has 1 aromatic carbocycles. The summed E-state index contributed by atoms with van der Waals surface area (Å²) in [7, 11) is -1.71. The normalized spacial score (nSPS) is 13.3. The lowest BCUT2D eigenvalue weighted by molar-refractivity contribution is -0.147. The summed E-state index contributed by atoms with van der Waals surface area (Å²) in [5, 5.41) is 3.84. The summed E-state index contributed by atoms with van der Waals surface area (Å²) in [5.74, 6) is -0.461. The number of benzene rings is 1. The summed E-state index contributed by atoms with van der Waals surface area (Å²) < 4.78 is 33.0. The van der Waals surface area contributed by atoms with Crippen molar-refractivity contribution in [2.75, 3.05) is 12.9 Å². The Morgan fingerprint density at radius 3 is 2.39 bits per heavy atom. The van der Waals surface area contributed by atoms with E-state index in [0.717, 1.165) is 16.5 Å². The second kappa shape index (κ2) is 11.8. The van der Waals surface area contributed by atoms with E-state index in [2.05, 4.69) is 5.32 Å². The van der Waals surface area contributed by atoms with Gasteiger partial charge in [-0.25, -0.2) is 4.79 Å². The maximum Gasteiger partial charge on any atom is 0.328 e. The molecule has 2 rings (SSSR count). The van der Waals surface area contributed by atoms with Crippen molar-refractivity contribution in [3.8, 4) is 0 Å². The number of para-hydroxylation sites is 1. The van der Waals surface area contributed by atoms with E-state index in [-0.39, 0.29) is 12.5 Å². The molecule has 2 aromatic rings. The predicted octanol–water partition coefficient (Wildman–Crippen LogP) is 1.65. The van der Waals surface area contributed by atoms with Crippen molar-refractivity contribution in [3.63, 3.8) is 0 Å². The summed E-state index contributed by atoms with van der Waals surface area (Å²) in [4.78, 5) is 24.8. The monoisotopic (exact) mass is 455 g/mol. The average Bonchev–Trinajstić information content (AvgIpc) is 2.95. The molecule has 4 N–H and O–H groups in total. The van der Waals surface area contributed by atoms with Gasteiger partial charge in [0.05, 0.1) is 18.9 Å². The third kappa shape index (κ3) is 9.50. The van der Waals surface area contributed by atoms with Crippen molar-refractivity contribution in [2.45, 2.75) is 45.7 Å². The van der Waals surface area contributed by atoms with Crippen LogP contribution in [-0.2, 0) is 37.9 Å². The number of nitrogens with zero attached hydrogens (tertiary/aromatic N) is 1. The van der Waals surface area contributed by atoms with E-state index in [0.29, 0.717) is 25.0 Å². The van der Waals surface area contributed by atoms with Crippen LogP contribution in [0.4, 0.5) is 0 Å². The van der Waals surface area contributed by atoms with Gasteiger partial charge in [-0.3, -0.25) is 9.35 Å². The Bertz CT molecular complexity index is 976. The largest absolute Gasteiger partial charge is 0.464 e. The van der Waals surface area contributed by atoms with E-state index in [1.54, 1.807) is 6.92 Å². The predicted molar refractivity (Wildman–Crippen MR) is 120 cm³/mol. The molecule has 174 valence electrons. The van der Waals surface area contributed by atoms with Crippen LogP contribution >= 0.6 is 0 Å². The maximum absolute atomic E-state index is 12.4. The second-order valence-corrected chi connectivity index (χ2v) is 9.23. The molecule has 0 saturated heterocycles. The van der Waals surface area contributed by atoms with Gasteiger partial charge in [0.25, 0.3) is 10.1 Å². The van der Waals surface area contributed by atoms with Crippen LogP contribution in [0.3, 0.4) is 0 Å². The van der Waals surface area contributed by atoms with Crippen LogP contribution in [0.2, 0.25) is 0 Å². The molecule has 0 spiro atoms. The van der Waals surface area contributed by atoms with Gasteiger partial charge in [-0.05, 0) is 30.9 Å². The van der Waals surface area contributed by atoms with Crippen molar-refractivity contribution in [1.82, 2.24) is 9.88 Å². The van der Waals surface area contributed by atoms with Crippen LogP contribution in [0.1, 0.15) is 32.8 Å². The lowest BCUT2D eigenvalue weighted by atomic mass is 10.0. The Hall–Kier alpha value is -2.43. The number of ether oxygens (including phenoxy) is 1. The van der Waals surface area contributed by atoms with Crippen LogP contribution < -0.4 is 11.1 Å². The molecule has 9 nitrogen and oxygen atoms in total. The standard InChI is InChI=1S/C20H29N3O3.CH4O3S/c1-5-26-20(25)17(22-19(24)16(21)10-13(2)3)11-14-12-23(4)18-9-7-6-8-15(14)18;1-5(2,3)4/h6-9,12-13,16-17H,5,10-11,21H2,1-4H3,(H,22,24);1H3,(H,2,3,4)/t16-,17+;/m0./s1. The zero-order valence-corrected chi connectivity index (χ0v) is 19.5. The highest BCUT2D eigenvalue weighted by atomic mass is 32.2. The molecule has 0 fully saturated rings. The van der Waals surface area contributed by atoms with Gasteiger partial charge in [0.2, 0.25) is 5.91 Å². The number of hydrogen-bond donors (Lipinski definition) is 3. The number of nitrogens with two attached hydrogens (primary N) is 1. The number of hydrogen-bond acceptors (Lipinski definition) is 6. The Labute approximate surface area is 183 Å². The molecule has 0 aliphatic heterocycles. The topological polar surface area (TPSA) is 141 Å². The van der Waals surface area contributed by atoms with Crippen LogP contribution in [0.25, 0.3) is 10.9 Å². The zero-order valence-electron chi connectivity index (χ0n) is 18.7. The molecular weight excluding hydrogens is 422 g/mol. The summed E-state index contributed by atoms with van der Waals surface area (Å²) in [6.45, 7) is 6.02. The van der Waals surface area contributed by atoms with E-state index < -0.39 is 28.2 Å². The Morgan fingerprint density at radius 1 is 1.26 bits per heavy atom. The first-order chi connectivity index (χ1) is 14.3. The minimum absolute atomic E-state index is 0.263. The first-order valence-corrected chi connectivity index (χ1v) is 11.9. The fourth-order valence-electron chi connectivity index (χ4n) is 3.14. The summed E-state index contributed by atoms with van der Waals surface area (Å²) in [6.07, 6.45) is 3.63. The quantitative estimate of drug-likeness (QED) is 0.406. The number of aryl methyl sites for hydroxylation is 1. The van der Waals surface area contributed by atoms with Gasteiger partial charge in [-0.2, -0.15) is 8.42 Å². The maximum atomic E-state index is 12.4. The van der Waals surface area contributed by atoms with E-state index in [4.69, 9.17) is 15.0 Å². The molecule has 0 aliphatic rings. The zero-order chi connectivity index (χ0) is 23.8. The molecule has 0 bridgehead atoms. The highest BCUT2D eigenvalue weighted by Crippen LogP contribution is 2.22. The third-order valence-electron chi connectivity index (χ3n) is 4.35. The number of carbonyl (C=O) groups is 2. The van der Waals surface area contributed by atoms with Gasteiger partial charge in [-0.1, -0.05) is 32.0 Å².